The highest BCUT2D eigenvalue weighted by molar-refractivity contribution is 9.10. The number of aromatic nitrogens is 2. The Balaban J connectivity index is 1.64. The molecule has 0 aliphatic carbocycles. The third-order valence-electron chi connectivity index (χ3n) is 3.31. The predicted molar refractivity (Wildman–Crippen MR) is 88.9 cm³/mol. The highest BCUT2D eigenvalue weighted by atomic mass is 79.9. The van der Waals surface area contributed by atoms with Crippen LogP contribution in [0.5, 0.6) is 0 Å². The number of nitrogens with one attached hydrogen (secondary N) is 1. The second kappa shape index (κ2) is 6.58. The van der Waals surface area contributed by atoms with Crippen LogP contribution in [0.4, 0.5) is 0 Å². The first-order chi connectivity index (χ1) is 10.7. The van der Waals surface area contributed by atoms with Gasteiger partial charge in [-0.1, -0.05) is 24.3 Å². The van der Waals surface area contributed by atoms with E-state index in [9.17, 15) is 4.79 Å². The van der Waals surface area contributed by atoms with Gasteiger partial charge < -0.3 is 9.88 Å². The lowest BCUT2D eigenvalue weighted by Crippen LogP contribution is -2.23. The summed E-state index contributed by atoms with van der Waals surface area (Å²) < 4.78 is 2.73. The molecular weight excluding hydrogens is 342 g/mol. The largest absolute Gasteiger partial charge is 0.348 e. The van der Waals surface area contributed by atoms with Crippen LogP contribution in [0.3, 0.4) is 0 Å². The van der Waals surface area contributed by atoms with E-state index in [0.717, 1.165) is 15.7 Å². The maximum Gasteiger partial charge on any atom is 0.252 e. The van der Waals surface area contributed by atoms with Gasteiger partial charge in [0.25, 0.3) is 5.91 Å². The normalized spacial score (nSPS) is 10.4. The van der Waals surface area contributed by atoms with Crippen molar-refractivity contribution < 1.29 is 4.79 Å². The summed E-state index contributed by atoms with van der Waals surface area (Å²) in [5.74, 6) is -0.0915. The van der Waals surface area contributed by atoms with Gasteiger partial charge in [-0.25, -0.2) is 4.98 Å². The summed E-state index contributed by atoms with van der Waals surface area (Å²) in [4.78, 5) is 16.2. The van der Waals surface area contributed by atoms with Crippen LogP contribution < -0.4 is 5.32 Å². The molecular formula is C17H14BrN3O. The second-order valence-electron chi connectivity index (χ2n) is 4.80. The third kappa shape index (κ3) is 3.26. The van der Waals surface area contributed by atoms with Crippen molar-refractivity contribution in [1.82, 2.24) is 14.9 Å². The number of hydrogen-bond donors (Lipinski definition) is 1. The zero-order valence-corrected chi connectivity index (χ0v) is 13.3. The predicted octanol–water partition coefficient (Wildman–Crippen LogP) is 3.56. The standard InChI is InChI=1S/C17H14BrN3O/c18-16-4-2-1-3-15(16)17(22)20-11-13-5-7-14(8-6-13)21-10-9-19-12-21/h1-10,12H,11H2,(H,20,22). The van der Waals surface area contributed by atoms with Crippen LogP contribution in [0.15, 0.2) is 71.7 Å². The van der Waals surface area contributed by atoms with E-state index >= 15 is 0 Å². The van der Waals surface area contributed by atoms with Crippen molar-refractivity contribution in [1.29, 1.82) is 0 Å². The average molecular weight is 356 g/mol. The molecule has 0 spiro atoms. The van der Waals surface area contributed by atoms with Gasteiger partial charge in [0, 0.05) is 29.1 Å². The van der Waals surface area contributed by atoms with Crippen LogP contribution in [0.25, 0.3) is 5.69 Å². The lowest BCUT2D eigenvalue weighted by Gasteiger charge is -2.08. The lowest BCUT2D eigenvalue weighted by atomic mass is 10.2. The molecule has 0 unspecified atom stereocenters. The molecule has 0 bridgehead atoms. The number of imidazole rings is 1. The number of benzene rings is 2. The van der Waals surface area contributed by atoms with E-state index in [2.05, 4.69) is 26.2 Å². The summed E-state index contributed by atoms with van der Waals surface area (Å²) in [6, 6.07) is 15.4. The van der Waals surface area contributed by atoms with Crippen molar-refractivity contribution in [2.24, 2.45) is 0 Å². The van der Waals surface area contributed by atoms with E-state index in [1.54, 1.807) is 18.6 Å². The van der Waals surface area contributed by atoms with E-state index in [1.807, 2.05) is 53.2 Å². The molecule has 4 nitrogen and oxygen atoms in total. The van der Waals surface area contributed by atoms with Gasteiger partial charge in [0.2, 0.25) is 0 Å². The van der Waals surface area contributed by atoms with Crippen LogP contribution in [0.1, 0.15) is 15.9 Å². The quantitative estimate of drug-likeness (QED) is 0.777. The Labute approximate surface area is 136 Å². The molecule has 5 heteroatoms. The number of rotatable bonds is 4. The summed E-state index contributed by atoms with van der Waals surface area (Å²) in [5.41, 5.74) is 2.72. The van der Waals surface area contributed by atoms with Gasteiger partial charge in [0.05, 0.1) is 11.9 Å². The number of hydrogen-bond acceptors (Lipinski definition) is 2. The molecule has 22 heavy (non-hydrogen) atoms. The van der Waals surface area contributed by atoms with Crippen LogP contribution in [0, 0.1) is 0 Å². The molecule has 0 aliphatic rings. The van der Waals surface area contributed by atoms with Crippen LogP contribution >= 0.6 is 15.9 Å². The minimum Gasteiger partial charge on any atom is -0.348 e. The Morgan fingerprint density at radius 3 is 2.59 bits per heavy atom. The fourth-order valence-electron chi connectivity index (χ4n) is 2.12. The molecule has 0 atom stereocenters. The van der Waals surface area contributed by atoms with Gasteiger partial charge in [0.1, 0.15) is 0 Å². The molecule has 0 saturated carbocycles. The summed E-state index contributed by atoms with van der Waals surface area (Å²) in [6.07, 6.45) is 5.39. The second-order valence-corrected chi connectivity index (χ2v) is 5.65. The van der Waals surface area contributed by atoms with Gasteiger partial charge in [-0.15, -0.1) is 0 Å². The molecule has 0 radical (unpaired) electrons. The monoisotopic (exact) mass is 355 g/mol. The van der Waals surface area contributed by atoms with E-state index in [4.69, 9.17) is 0 Å². The SMILES string of the molecule is O=C(NCc1ccc(-n2ccnc2)cc1)c1ccccc1Br. The molecule has 0 fully saturated rings. The molecule has 0 saturated heterocycles. The van der Waals surface area contributed by atoms with Crippen molar-refractivity contribution in [3.63, 3.8) is 0 Å². The maximum absolute atomic E-state index is 12.1. The summed E-state index contributed by atoms with van der Waals surface area (Å²) >= 11 is 3.39. The maximum atomic E-state index is 12.1. The first kappa shape index (κ1) is 14.5. The van der Waals surface area contributed by atoms with Gasteiger partial charge >= 0.3 is 0 Å². The number of carbonyl (C=O) groups excluding carboxylic acids is 1. The number of nitrogens with zero attached hydrogens (tertiary/aromatic N) is 2. The summed E-state index contributed by atoms with van der Waals surface area (Å²) in [5, 5.41) is 2.92. The molecule has 1 N–H and O–H groups in total. The summed E-state index contributed by atoms with van der Waals surface area (Å²) in [6.45, 7) is 0.490. The minimum absolute atomic E-state index is 0.0915. The van der Waals surface area contributed by atoms with Gasteiger partial charge in [-0.2, -0.15) is 0 Å². The van der Waals surface area contributed by atoms with Crippen LogP contribution in [-0.4, -0.2) is 15.5 Å². The van der Waals surface area contributed by atoms with Crippen molar-refractivity contribution in [2.75, 3.05) is 0 Å². The Morgan fingerprint density at radius 2 is 1.91 bits per heavy atom. The first-order valence-electron chi connectivity index (χ1n) is 6.84. The highest BCUT2D eigenvalue weighted by Crippen LogP contribution is 2.16. The molecule has 0 aliphatic heterocycles. The number of halogens is 1. The molecule has 110 valence electrons. The Hall–Kier alpha value is -2.40. The van der Waals surface area contributed by atoms with Crippen molar-refractivity contribution >= 4 is 21.8 Å². The Morgan fingerprint density at radius 1 is 1.14 bits per heavy atom. The molecule has 3 aromatic rings. The van der Waals surface area contributed by atoms with Crippen molar-refractivity contribution in [2.45, 2.75) is 6.54 Å². The summed E-state index contributed by atoms with van der Waals surface area (Å²) in [7, 11) is 0. The molecule has 2 aromatic carbocycles. The van der Waals surface area contributed by atoms with Gasteiger partial charge in [-0.05, 0) is 45.8 Å². The molecule has 1 aromatic heterocycles. The van der Waals surface area contributed by atoms with Gasteiger partial charge in [0.15, 0.2) is 0 Å². The minimum atomic E-state index is -0.0915. The van der Waals surface area contributed by atoms with E-state index in [-0.39, 0.29) is 5.91 Å². The topological polar surface area (TPSA) is 46.9 Å². The highest BCUT2D eigenvalue weighted by Gasteiger charge is 2.08. The van der Waals surface area contributed by atoms with E-state index < -0.39 is 0 Å². The smallest absolute Gasteiger partial charge is 0.252 e. The fourth-order valence-corrected chi connectivity index (χ4v) is 2.59. The van der Waals surface area contributed by atoms with Crippen LogP contribution in [0.2, 0.25) is 0 Å². The van der Waals surface area contributed by atoms with Crippen molar-refractivity contribution in [3.8, 4) is 5.69 Å². The molecule has 1 heterocycles. The number of carbonyl (C=O) groups is 1. The molecule has 3 rings (SSSR count). The van der Waals surface area contributed by atoms with Gasteiger partial charge in [-0.3, -0.25) is 4.79 Å². The van der Waals surface area contributed by atoms with Crippen molar-refractivity contribution in [3.05, 3.63) is 82.9 Å². The zero-order chi connectivity index (χ0) is 15.4. The van der Waals surface area contributed by atoms with E-state index in [0.29, 0.717) is 12.1 Å². The fraction of sp³-hybridized carbons (Fsp3) is 0.0588. The lowest BCUT2D eigenvalue weighted by molar-refractivity contribution is 0.0950. The first-order valence-corrected chi connectivity index (χ1v) is 7.63. The number of amides is 1. The zero-order valence-electron chi connectivity index (χ0n) is 11.7. The third-order valence-corrected chi connectivity index (χ3v) is 4.00. The van der Waals surface area contributed by atoms with Crippen LogP contribution in [-0.2, 0) is 6.54 Å². The Bertz CT molecular complexity index is 767. The average Bonchev–Trinajstić information content (AvgIpc) is 3.08. The Kier molecular flexibility index (Phi) is 4.34. The molecule has 1 amide bonds. The van der Waals surface area contributed by atoms with E-state index in [1.165, 1.54) is 0 Å².